The summed E-state index contributed by atoms with van der Waals surface area (Å²) in [6.45, 7) is 6.61. The van der Waals surface area contributed by atoms with Gasteiger partial charge in [-0.1, -0.05) is 24.3 Å². The number of anilines is 1. The zero-order valence-corrected chi connectivity index (χ0v) is 15.6. The third-order valence-corrected chi connectivity index (χ3v) is 6.06. The predicted octanol–water partition coefficient (Wildman–Crippen LogP) is 4.21. The maximum Gasteiger partial charge on any atom is 0.319 e. The van der Waals surface area contributed by atoms with Crippen molar-refractivity contribution in [2.75, 3.05) is 11.9 Å². The first-order valence-corrected chi connectivity index (χ1v) is 9.84. The Morgan fingerprint density at radius 3 is 2.75 bits per heavy atom. The number of hydrogen-bond acceptors (Lipinski definition) is 2. The lowest BCUT2D eigenvalue weighted by molar-refractivity contribution is 0.249. The van der Waals surface area contributed by atoms with Crippen LogP contribution in [0.25, 0.3) is 0 Å². The van der Waals surface area contributed by atoms with E-state index in [1.807, 2.05) is 45.0 Å². The molecule has 2 N–H and O–H groups in total. The van der Waals surface area contributed by atoms with E-state index >= 15 is 0 Å². The van der Waals surface area contributed by atoms with Gasteiger partial charge < -0.3 is 10.6 Å². The molecule has 0 aliphatic heterocycles. The Morgan fingerprint density at radius 2 is 2.08 bits per heavy atom. The Bertz CT molecular complexity index is 620. The van der Waals surface area contributed by atoms with Gasteiger partial charge in [-0.25, -0.2) is 4.79 Å². The van der Waals surface area contributed by atoms with Crippen LogP contribution in [0.3, 0.4) is 0 Å². The summed E-state index contributed by atoms with van der Waals surface area (Å²) in [5.41, 5.74) is 1.71. The van der Waals surface area contributed by atoms with Crippen LogP contribution < -0.4 is 10.6 Å². The van der Waals surface area contributed by atoms with Crippen molar-refractivity contribution in [2.24, 2.45) is 5.92 Å². The van der Waals surface area contributed by atoms with E-state index in [1.165, 1.54) is 0 Å². The van der Waals surface area contributed by atoms with Crippen LogP contribution in [0.15, 0.2) is 36.4 Å². The van der Waals surface area contributed by atoms with Crippen molar-refractivity contribution < 1.29 is 9.00 Å². The van der Waals surface area contributed by atoms with Gasteiger partial charge in [0.2, 0.25) is 0 Å². The van der Waals surface area contributed by atoms with Crippen molar-refractivity contribution in [1.29, 1.82) is 0 Å². The van der Waals surface area contributed by atoms with E-state index in [-0.39, 0.29) is 10.8 Å². The molecule has 24 heavy (non-hydrogen) atoms. The van der Waals surface area contributed by atoms with E-state index in [9.17, 15) is 9.00 Å². The largest absolute Gasteiger partial charge is 0.338 e. The third kappa shape index (κ3) is 6.11. The average Bonchev–Trinajstić information content (AvgIpc) is 2.53. The average molecular weight is 349 g/mol. The number of benzene rings is 1. The van der Waals surface area contributed by atoms with Gasteiger partial charge in [-0.3, -0.25) is 4.21 Å². The van der Waals surface area contributed by atoms with Crippen LogP contribution in [0.1, 0.15) is 45.6 Å². The molecule has 1 aliphatic carbocycles. The van der Waals surface area contributed by atoms with Gasteiger partial charge in [0, 0.05) is 33.5 Å². The zero-order chi connectivity index (χ0) is 17.6. The van der Waals surface area contributed by atoms with E-state index in [1.54, 1.807) is 0 Å². The number of carbonyl (C=O) groups excluding carboxylic acids is 1. The SMILES string of the molecule is CC(C)(C)S(=O)Cc1cccc(NC(=O)NCC2CC=CCC2)c1. The fraction of sp³-hybridized carbons (Fsp3) is 0.526. The van der Waals surface area contributed by atoms with E-state index in [2.05, 4.69) is 22.8 Å². The number of amides is 2. The molecule has 4 nitrogen and oxygen atoms in total. The second kappa shape index (κ2) is 8.47. The van der Waals surface area contributed by atoms with E-state index in [4.69, 9.17) is 0 Å². The Balaban J connectivity index is 1.85. The van der Waals surface area contributed by atoms with E-state index < -0.39 is 10.8 Å². The summed E-state index contributed by atoms with van der Waals surface area (Å²) in [4.78, 5) is 12.0. The van der Waals surface area contributed by atoms with Gasteiger partial charge in [0.1, 0.15) is 0 Å². The highest BCUT2D eigenvalue weighted by Crippen LogP contribution is 2.19. The van der Waals surface area contributed by atoms with Crippen LogP contribution in [0, 0.1) is 5.92 Å². The van der Waals surface area contributed by atoms with Gasteiger partial charge in [0.15, 0.2) is 0 Å². The first-order valence-electron chi connectivity index (χ1n) is 8.52. The molecule has 2 rings (SSSR count). The minimum absolute atomic E-state index is 0.182. The quantitative estimate of drug-likeness (QED) is 0.783. The molecule has 0 bridgehead atoms. The summed E-state index contributed by atoms with van der Waals surface area (Å²) in [5.74, 6) is 1.02. The second-order valence-corrected chi connectivity index (χ2v) is 9.49. The molecule has 5 heteroatoms. The highest BCUT2D eigenvalue weighted by molar-refractivity contribution is 7.85. The third-order valence-electron chi connectivity index (χ3n) is 4.09. The Morgan fingerprint density at radius 1 is 1.29 bits per heavy atom. The van der Waals surface area contributed by atoms with Gasteiger partial charge in [0.05, 0.1) is 0 Å². The van der Waals surface area contributed by atoms with Crippen LogP contribution >= 0.6 is 0 Å². The van der Waals surface area contributed by atoms with Crippen molar-refractivity contribution in [3.05, 3.63) is 42.0 Å². The van der Waals surface area contributed by atoms with Crippen molar-refractivity contribution in [1.82, 2.24) is 5.32 Å². The second-order valence-electron chi connectivity index (χ2n) is 7.29. The van der Waals surface area contributed by atoms with Crippen LogP contribution in [0.5, 0.6) is 0 Å². The number of urea groups is 1. The molecule has 0 radical (unpaired) electrons. The molecule has 2 unspecified atom stereocenters. The summed E-state index contributed by atoms with van der Waals surface area (Å²) in [7, 11) is -0.951. The normalized spacial score (nSPS) is 18.9. The lowest BCUT2D eigenvalue weighted by Gasteiger charge is -2.19. The summed E-state index contributed by atoms with van der Waals surface area (Å²) in [6, 6.07) is 7.40. The molecule has 0 aromatic heterocycles. The highest BCUT2D eigenvalue weighted by atomic mass is 32.2. The molecule has 0 spiro atoms. The van der Waals surface area contributed by atoms with Crippen molar-refractivity contribution in [3.8, 4) is 0 Å². The molecule has 0 fully saturated rings. The number of carbonyl (C=O) groups is 1. The summed E-state index contributed by atoms with van der Waals surface area (Å²) >= 11 is 0. The van der Waals surface area contributed by atoms with E-state index in [0.29, 0.717) is 18.2 Å². The fourth-order valence-corrected chi connectivity index (χ4v) is 3.48. The lowest BCUT2D eigenvalue weighted by Crippen LogP contribution is -2.33. The topological polar surface area (TPSA) is 58.2 Å². The smallest absolute Gasteiger partial charge is 0.319 e. The molecule has 132 valence electrons. The van der Waals surface area contributed by atoms with Gasteiger partial charge in [0.25, 0.3) is 0 Å². The van der Waals surface area contributed by atoms with Crippen molar-refractivity contribution in [3.63, 3.8) is 0 Å². The minimum Gasteiger partial charge on any atom is -0.338 e. The van der Waals surface area contributed by atoms with Crippen molar-refractivity contribution >= 4 is 22.5 Å². The predicted molar refractivity (Wildman–Crippen MR) is 102 cm³/mol. The molecule has 2 amide bonds. The van der Waals surface area contributed by atoms with Crippen LogP contribution in [-0.4, -0.2) is 21.5 Å². The molecule has 0 saturated heterocycles. The fourth-order valence-electron chi connectivity index (χ4n) is 2.56. The Labute approximate surface area is 147 Å². The van der Waals surface area contributed by atoms with Gasteiger partial charge in [-0.15, -0.1) is 0 Å². The monoisotopic (exact) mass is 348 g/mol. The van der Waals surface area contributed by atoms with E-state index in [0.717, 1.165) is 30.5 Å². The number of allylic oxidation sites excluding steroid dienone is 2. The van der Waals surface area contributed by atoms with Gasteiger partial charge in [-0.05, 0) is 63.6 Å². The van der Waals surface area contributed by atoms with Crippen LogP contribution in [0.2, 0.25) is 0 Å². The molecule has 2 atom stereocenters. The Kier molecular flexibility index (Phi) is 6.60. The maximum absolute atomic E-state index is 12.3. The maximum atomic E-state index is 12.3. The molecule has 0 heterocycles. The molecule has 1 aliphatic rings. The highest BCUT2D eigenvalue weighted by Gasteiger charge is 2.19. The number of rotatable bonds is 5. The first kappa shape index (κ1) is 18.7. The number of nitrogens with one attached hydrogen (secondary N) is 2. The minimum atomic E-state index is -0.951. The number of hydrogen-bond donors (Lipinski definition) is 2. The first-order chi connectivity index (χ1) is 11.3. The molecule has 1 aromatic rings. The molecule has 0 saturated carbocycles. The van der Waals surface area contributed by atoms with Gasteiger partial charge in [-0.2, -0.15) is 0 Å². The lowest BCUT2D eigenvalue weighted by atomic mass is 9.94. The van der Waals surface area contributed by atoms with Gasteiger partial charge >= 0.3 is 6.03 Å². The molecular formula is C19H28N2O2S. The summed E-state index contributed by atoms with van der Waals surface area (Å²) in [6.07, 6.45) is 7.65. The molecular weight excluding hydrogens is 320 g/mol. The van der Waals surface area contributed by atoms with Crippen LogP contribution in [-0.2, 0) is 16.6 Å². The van der Waals surface area contributed by atoms with Crippen LogP contribution in [0.4, 0.5) is 10.5 Å². The summed E-state index contributed by atoms with van der Waals surface area (Å²) < 4.78 is 12.0. The van der Waals surface area contributed by atoms with Crippen molar-refractivity contribution in [2.45, 2.75) is 50.5 Å². The Hall–Kier alpha value is -1.62. The molecule has 1 aromatic carbocycles. The summed E-state index contributed by atoms with van der Waals surface area (Å²) in [5, 5.41) is 5.81. The zero-order valence-electron chi connectivity index (χ0n) is 14.8. The standard InChI is InChI=1S/C19H28N2O2S/c1-19(2,3)24(23)14-16-10-7-11-17(12-16)21-18(22)20-13-15-8-5-4-6-9-15/h4-5,7,10-12,15H,6,8-9,13-14H2,1-3H3,(H2,20,21,22).